The largest absolute Gasteiger partial charge is 0.550 e. The number of hydrogen-bond acceptors (Lipinski definition) is 6. The lowest BCUT2D eigenvalue weighted by Gasteiger charge is -2.29. The molecule has 1 aromatic carbocycles. The van der Waals surface area contributed by atoms with Gasteiger partial charge >= 0.3 is 11.9 Å². The lowest BCUT2D eigenvalue weighted by Crippen LogP contribution is -2.45. The van der Waals surface area contributed by atoms with Crippen molar-refractivity contribution in [2.24, 2.45) is 5.73 Å². The summed E-state index contributed by atoms with van der Waals surface area (Å²) in [6.45, 7) is 2.13. The van der Waals surface area contributed by atoms with Crippen molar-refractivity contribution in [1.82, 2.24) is 0 Å². The van der Waals surface area contributed by atoms with E-state index >= 15 is 0 Å². The summed E-state index contributed by atoms with van der Waals surface area (Å²) in [6, 6.07) is 8.54. The molecule has 1 aromatic rings. The van der Waals surface area contributed by atoms with Gasteiger partial charge in [-0.15, -0.1) is 12.4 Å². The fourth-order valence-corrected chi connectivity index (χ4v) is 2.16. The third kappa shape index (κ3) is 15.0. The average molecular weight is 419 g/mol. The minimum absolute atomic E-state index is 0. The number of esters is 1. The van der Waals surface area contributed by atoms with E-state index in [1.54, 1.807) is 6.92 Å². The number of carboxylic acid groups (broad SMARTS) is 2. The van der Waals surface area contributed by atoms with Crippen LogP contribution in [0.2, 0.25) is 0 Å². The van der Waals surface area contributed by atoms with Gasteiger partial charge in [-0.25, -0.2) is 0 Å². The Hall–Kier alpha value is -2.16. The molecule has 0 heterocycles. The highest BCUT2D eigenvalue weighted by Gasteiger charge is 2.21. The maximum atomic E-state index is 11.0. The summed E-state index contributed by atoms with van der Waals surface area (Å²) < 4.78 is 5.55. The first-order valence-electron chi connectivity index (χ1n) is 8.66. The molecule has 0 saturated heterocycles. The SMILES string of the molecule is CCC(=O)OC(CC(=O)[O-])C[N+](C)(C)C.Cl.N[C@@H](Cc1ccccc1)C(=O)O. The third-order valence-corrected chi connectivity index (χ3v) is 3.35. The summed E-state index contributed by atoms with van der Waals surface area (Å²) in [7, 11) is 5.71. The summed E-state index contributed by atoms with van der Waals surface area (Å²) in [5.41, 5.74) is 6.30. The van der Waals surface area contributed by atoms with E-state index in [4.69, 9.17) is 15.6 Å². The van der Waals surface area contributed by atoms with Crippen LogP contribution in [-0.4, -0.2) is 67.3 Å². The van der Waals surface area contributed by atoms with Crippen LogP contribution in [0.5, 0.6) is 0 Å². The molecule has 3 N–H and O–H groups in total. The Labute approximate surface area is 172 Å². The number of nitrogens with two attached hydrogens (primary N) is 1. The van der Waals surface area contributed by atoms with E-state index in [0.29, 0.717) is 17.4 Å². The van der Waals surface area contributed by atoms with Crippen molar-refractivity contribution in [1.29, 1.82) is 0 Å². The maximum Gasteiger partial charge on any atom is 0.320 e. The smallest absolute Gasteiger partial charge is 0.320 e. The van der Waals surface area contributed by atoms with Crippen LogP contribution < -0.4 is 10.8 Å². The predicted octanol–water partition coefficient (Wildman–Crippen LogP) is 0.217. The zero-order valence-electron chi connectivity index (χ0n) is 16.8. The Morgan fingerprint density at radius 2 is 1.71 bits per heavy atom. The van der Waals surface area contributed by atoms with Crippen molar-refractivity contribution in [3.05, 3.63) is 35.9 Å². The van der Waals surface area contributed by atoms with Gasteiger partial charge in [0.1, 0.15) is 12.6 Å². The predicted molar refractivity (Wildman–Crippen MR) is 106 cm³/mol. The van der Waals surface area contributed by atoms with E-state index in [0.717, 1.165) is 5.56 Å². The number of quaternary nitrogens is 1. The van der Waals surface area contributed by atoms with Gasteiger partial charge < -0.3 is 30.0 Å². The average Bonchev–Trinajstić information content (AvgIpc) is 2.53. The quantitative estimate of drug-likeness (QED) is 0.433. The van der Waals surface area contributed by atoms with E-state index in [1.165, 1.54) is 0 Å². The molecule has 0 fully saturated rings. The Balaban J connectivity index is 0. The van der Waals surface area contributed by atoms with E-state index in [2.05, 4.69) is 0 Å². The molecule has 0 spiro atoms. The van der Waals surface area contributed by atoms with Crippen LogP contribution in [0.25, 0.3) is 0 Å². The number of carbonyl (C=O) groups is 3. The van der Waals surface area contributed by atoms with Crippen LogP contribution in [0.3, 0.4) is 0 Å². The summed E-state index contributed by atoms with van der Waals surface area (Å²) in [6.07, 6.45) is -0.222. The first kappa shape index (κ1) is 28.1. The number of halogens is 1. The van der Waals surface area contributed by atoms with Crippen molar-refractivity contribution in [3.63, 3.8) is 0 Å². The second-order valence-corrected chi connectivity index (χ2v) is 7.15. The van der Waals surface area contributed by atoms with Crippen LogP contribution in [-0.2, 0) is 25.5 Å². The maximum absolute atomic E-state index is 11.0. The minimum atomic E-state index is -1.20. The zero-order valence-corrected chi connectivity index (χ0v) is 17.6. The summed E-state index contributed by atoms with van der Waals surface area (Å²) in [4.78, 5) is 31.9. The Kier molecular flexibility index (Phi) is 14.0. The second-order valence-electron chi connectivity index (χ2n) is 7.15. The lowest BCUT2D eigenvalue weighted by atomic mass is 10.1. The van der Waals surface area contributed by atoms with Gasteiger partial charge in [0.2, 0.25) is 0 Å². The Morgan fingerprint density at radius 3 is 2.11 bits per heavy atom. The monoisotopic (exact) mass is 418 g/mol. The minimum Gasteiger partial charge on any atom is -0.550 e. The third-order valence-electron chi connectivity index (χ3n) is 3.35. The molecule has 0 saturated carbocycles. The van der Waals surface area contributed by atoms with E-state index < -0.39 is 24.1 Å². The molecule has 28 heavy (non-hydrogen) atoms. The number of likely N-dealkylation sites (N-methyl/N-ethyl adjacent to an activating group) is 1. The Bertz CT molecular complexity index is 604. The highest BCUT2D eigenvalue weighted by Crippen LogP contribution is 2.05. The van der Waals surface area contributed by atoms with E-state index in [9.17, 15) is 19.5 Å². The number of ether oxygens (including phenoxy) is 1. The van der Waals surface area contributed by atoms with Crippen LogP contribution in [0.15, 0.2) is 30.3 Å². The molecular weight excluding hydrogens is 388 g/mol. The number of rotatable bonds is 9. The second kappa shape index (κ2) is 13.9. The molecule has 0 aromatic heterocycles. The van der Waals surface area contributed by atoms with Crippen molar-refractivity contribution < 1.29 is 33.8 Å². The molecule has 0 amide bonds. The molecule has 0 aliphatic rings. The molecule has 0 radical (unpaired) electrons. The van der Waals surface area contributed by atoms with Gasteiger partial charge in [0.15, 0.2) is 6.10 Å². The molecule has 9 heteroatoms. The molecule has 1 unspecified atom stereocenters. The number of carbonyl (C=O) groups excluding carboxylic acids is 2. The highest BCUT2D eigenvalue weighted by atomic mass is 35.5. The first-order valence-corrected chi connectivity index (χ1v) is 8.66. The number of carboxylic acids is 2. The lowest BCUT2D eigenvalue weighted by molar-refractivity contribution is -0.873. The fraction of sp³-hybridized carbons (Fsp3) is 0.526. The van der Waals surface area contributed by atoms with Crippen LogP contribution in [0.1, 0.15) is 25.3 Å². The standard InChI is InChI=1S/C10H19NO4.C9H11NO2.ClH/c1-5-10(14)15-8(6-9(12)13)7-11(2,3)4;10-8(9(11)12)6-7-4-2-1-3-5-7;/h8H,5-7H2,1-4H3;1-5,8H,6,10H2,(H,11,12);1H/t;8-;/m.0./s1. The van der Waals surface area contributed by atoms with Gasteiger partial charge in [-0.05, 0) is 12.0 Å². The van der Waals surface area contributed by atoms with E-state index in [1.807, 2.05) is 51.5 Å². The normalized spacial score (nSPS) is 12.5. The first-order chi connectivity index (χ1) is 12.4. The van der Waals surface area contributed by atoms with Crippen LogP contribution in [0, 0.1) is 0 Å². The molecule has 0 bridgehead atoms. The summed E-state index contributed by atoms with van der Waals surface area (Å²) in [5, 5.41) is 19.0. The van der Waals surface area contributed by atoms with Gasteiger partial charge in [0.05, 0.1) is 21.1 Å². The molecule has 8 nitrogen and oxygen atoms in total. The van der Waals surface area contributed by atoms with Gasteiger partial charge in [-0.2, -0.15) is 0 Å². The topological polar surface area (TPSA) is 130 Å². The molecule has 1 rings (SSSR count). The molecule has 2 atom stereocenters. The highest BCUT2D eigenvalue weighted by molar-refractivity contribution is 5.85. The van der Waals surface area contributed by atoms with Gasteiger partial charge in [-0.3, -0.25) is 9.59 Å². The number of nitrogens with zero attached hydrogens (tertiary/aromatic N) is 1. The molecule has 0 aliphatic heterocycles. The van der Waals surface area contributed by atoms with Gasteiger partial charge in [0, 0.05) is 18.8 Å². The molecule has 160 valence electrons. The van der Waals surface area contributed by atoms with Gasteiger partial charge in [-0.1, -0.05) is 37.3 Å². The van der Waals surface area contributed by atoms with Crippen LogP contribution in [0.4, 0.5) is 0 Å². The van der Waals surface area contributed by atoms with E-state index in [-0.39, 0.29) is 31.2 Å². The van der Waals surface area contributed by atoms with Crippen molar-refractivity contribution >= 4 is 30.3 Å². The molecule has 0 aliphatic carbocycles. The van der Waals surface area contributed by atoms with Crippen molar-refractivity contribution in [3.8, 4) is 0 Å². The zero-order chi connectivity index (χ0) is 21.0. The number of aliphatic carboxylic acids is 2. The van der Waals surface area contributed by atoms with Crippen LogP contribution >= 0.6 is 12.4 Å². The Morgan fingerprint density at radius 1 is 1.18 bits per heavy atom. The number of benzene rings is 1. The van der Waals surface area contributed by atoms with Crippen molar-refractivity contribution in [2.45, 2.75) is 38.3 Å². The summed E-state index contributed by atoms with van der Waals surface area (Å²) >= 11 is 0. The van der Waals surface area contributed by atoms with Crippen molar-refractivity contribution in [2.75, 3.05) is 27.7 Å². The molecular formula is C19H31ClN2O6. The fourth-order valence-electron chi connectivity index (χ4n) is 2.16. The summed E-state index contributed by atoms with van der Waals surface area (Å²) in [5.74, 6) is -2.54. The number of hydrogen-bond donors (Lipinski definition) is 2. The van der Waals surface area contributed by atoms with Gasteiger partial charge in [0.25, 0.3) is 0 Å².